The number of benzene rings is 1. The van der Waals surface area contributed by atoms with Crippen LogP contribution in [-0.2, 0) is 0 Å². The highest BCUT2D eigenvalue weighted by Crippen LogP contribution is 2.23. The summed E-state index contributed by atoms with van der Waals surface area (Å²) < 4.78 is 0. The minimum absolute atomic E-state index is 0.216. The van der Waals surface area contributed by atoms with Crippen molar-refractivity contribution in [1.29, 1.82) is 5.26 Å². The van der Waals surface area contributed by atoms with E-state index in [1.54, 1.807) is 23.5 Å². The number of carboxylic acids is 1. The molecule has 0 saturated carbocycles. The van der Waals surface area contributed by atoms with Crippen LogP contribution in [0, 0.1) is 18.3 Å². The van der Waals surface area contributed by atoms with Crippen LogP contribution in [0.25, 0.3) is 11.6 Å². The van der Waals surface area contributed by atoms with Crippen LogP contribution < -0.4 is 0 Å². The molecule has 0 aliphatic rings. The highest BCUT2D eigenvalue weighted by molar-refractivity contribution is 7.11. The molecule has 2 aromatic rings. The highest BCUT2D eigenvalue weighted by atomic mass is 32.1. The number of aromatic carboxylic acids is 1. The molecule has 1 N–H and O–H groups in total. The zero-order valence-corrected chi connectivity index (χ0v) is 11.1. The first kappa shape index (κ1) is 13.1. The summed E-state index contributed by atoms with van der Waals surface area (Å²) in [6, 6.07) is 10.5. The van der Waals surface area contributed by atoms with Crippen LogP contribution in [-0.4, -0.2) is 11.1 Å². The standard InChI is InChI=1S/C15H11NO2S/c1-10-6-7-19-14(10)8-13(9-16)11-2-4-12(5-3-11)15(17)18/h2-8H,1H3,(H,17,18)/b13-8-. The van der Waals surface area contributed by atoms with Crippen LogP contribution in [0.15, 0.2) is 35.7 Å². The number of hydrogen-bond acceptors (Lipinski definition) is 3. The van der Waals surface area contributed by atoms with Crippen LogP contribution in [0.3, 0.4) is 0 Å². The van der Waals surface area contributed by atoms with Gasteiger partial charge in [0.25, 0.3) is 0 Å². The molecular formula is C15H11NO2S. The van der Waals surface area contributed by atoms with E-state index in [2.05, 4.69) is 6.07 Å². The third-order valence-electron chi connectivity index (χ3n) is 2.74. The fourth-order valence-corrected chi connectivity index (χ4v) is 2.49. The van der Waals surface area contributed by atoms with Crippen molar-refractivity contribution in [3.63, 3.8) is 0 Å². The Morgan fingerprint density at radius 3 is 2.37 bits per heavy atom. The average molecular weight is 269 g/mol. The molecule has 2 rings (SSSR count). The molecule has 0 fully saturated rings. The molecule has 1 aromatic carbocycles. The number of carboxylic acid groups (broad SMARTS) is 1. The number of allylic oxidation sites excluding steroid dienone is 1. The van der Waals surface area contributed by atoms with Crippen molar-refractivity contribution < 1.29 is 9.90 Å². The zero-order chi connectivity index (χ0) is 13.8. The van der Waals surface area contributed by atoms with Gasteiger partial charge in [0, 0.05) is 4.88 Å². The lowest BCUT2D eigenvalue weighted by Gasteiger charge is -2.00. The van der Waals surface area contributed by atoms with Gasteiger partial charge in [0.1, 0.15) is 0 Å². The van der Waals surface area contributed by atoms with Gasteiger partial charge in [0.05, 0.1) is 17.2 Å². The summed E-state index contributed by atoms with van der Waals surface area (Å²) in [5, 5.41) is 20.0. The van der Waals surface area contributed by atoms with Crippen molar-refractivity contribution in [3.8, 4) is 6.07 Å². The SMILES string of the molecule is Cc1ccsc1/C=C(/C#N)c1ccc(C(=O)O)cc1. The number of thiophene rings is 1. The van der Waals surface area contributed by atoms with Crippen LogP contribution in [0.2, 0.25) is 0 Å². The second-order valence-corrected chi connectivity index (χ2v) is 4.97. The van der Waals surface area contributed by atoms with Crippen molar-refractivity contribution >= 4 is 29.0 Å². The van der Waals surface area contributed by atoms with Crippen molar-refractivity contribution in [2.45, 2.75) is 6.92 Å². The second kappa shape index (κ2) is 5.51. The summed E-state index contributed by atoms with van der Waals surface area (Å²) in [6.45, 7) is 1.99. The third kappa shape index (κ3) is 2.90. The Kier molecular flexibility index (Phi) is 3.79. The van der Waals surface area contributed by atoms with E-state index in [-0.39, 0.29) is 5.56 Å². The molecule has 19 heavy (non-hydrogen) atoms. The molecular weight excluding hydrogens is 258 g/mol. The molecule has 0 bridgehead atoms. The van der Waals surface area contributed by atoms with E-state index in [1.165, 1.54) is 12.1 Å². The van der Waals surface area contributed by atoms with E-state index in [0.717, 1.165) is 16.0 Å². The molecule has 0 aliphatic carbocycles. The summed E-state index contributed by atoms with van der Waals surface area (Å²) in [7, 11) is 0. The fourth-order valence-electron chi connectivity index (χ4n) is 1.64. The predicted molar refractivity (Wildman–Crippen MR) is 75.9 cm³/mol. The number of nitrogens with zero attached hydrogens (tertiary/aromatic N) is 1. The van der Waals surface area contributed by atoms with Gasteiger partial charge >= 0.3 is 5.97 Å². The first-order valence-electron chi connectivity index (χ1n) is 5.61. The molecule has 0 saturated heterocycles. The maximum absolute atomic E-state index is 10.8. The van der Waals surface area contributed by atoms with Gasteiger partial charge in [-0.1, -0.05) is 12.1 Å². The van der Waals surface area contributed by atoms with Crippen LogP contribution in [0.4, 0.5) is 0 Å². The summed E-state index contributed by atoms with van der Waals surface area (Å²) in [5.41, 5.74) is 2.59. The molecule has 0 spiro atoms. The van der Waals surface area contributed by atoms with Gasteiger partial charge in [-0.3, -0.25) is 0 Å². The molecule has 0 atom stereocenters. The Bertz CT molecular complexity index is 675. The van der Waals surface area contributed by atoms with E-state index < -0.39 is 5.97 Å². The quantitative estimate of drug-likeness (QED) is 0.862. The van der Waals surface area contributed by atoms with Crippen molar-refractivity contribution in [3.05, 3.63) is 57.3 Å². The minimum Gasteiger partial charge on any atom is -0.478 e. The average Bonchev–Trinajstić information content (AvgIpc) is 2.81. The summed E-state index contributed by atoms with van der Waals surface area (Å²) in [6.07, 6.45) is 1.83. The maximum Gasteiger partial charge on any atom is 0.335 e. The largest absolute Gasteiger partial charge is 0.478 e. The molecule has 0 aliphatic heterocycles. The Morgan fingerprint density at radius 1 is 1.26 bits per heavy atom. The lowest BCUT2D eigenvalue weighted by atomic mass is 10.0. The number of carbonyl (C=O) groups is 1. The van der Waals surface area contributed by atoms with Gasteiger partial charge in [-0.2, -0.15) is 5.26 Å². The molecule has 3 nitrogen and oxygen atoms in total. The summed E-state index contributed by atoms with van der Waals surface area (Å²) >= 11 is 1.57. The monoisotopic (exact) mass is 269 g/mol. The predicted octanol–water partition coefficient (Wildman–Crippen LogP) is 3.82. The smallest absolute Gasteiger partial charge is 0.335 e. The van der Waals surface area contributed by atoms with Crippen molar-refractivity contribution in [1.82, 2.24) is 0 Å². The molecule has 4 heteroatoms. The number of hydrogen-bond donors (Lipinski definition) is 1. The van der Waals surface area contributed by atoms with Gasteiger partial charge in [0.2, 0.25) is 0 Å². The van der Waals surface area contributed by atoms with Gasteiger partial charge < -0.3 is 5.11 Å². The first-order valence-corrected chi connectivity index (χ1v) is 6.49. The Morgan fingerprint density at radius 2 is 1.89 bits per heavy atom. The van der Waals surface area contributed by atoms with Gasteiger partial charge in [0.15, 0.2) is 0 Å². The topological polar surface area (TPSA) is 61.1 Å². The number of rotatable bonds is 3. The van der Waals surface area contributed by atoms with E-state index in [4.69, 9.17) is 5.11 Å². The van der Waals surface area contributed by atoms with Gasteiger partial charge in [-0.25, -0.2) is 4.79 Å². The second-order valence-electron chi connectivity index (χ2n) is 4.02. The van der Waals surface area contributed by atoms with Crippen LogP contribution in [0.5, 0.6) is 0 Å². The van der Waals surface area contributed by atoms with Crippen molar-refractivity contribution in [2.24, 2.45) is 0 Å². The van der Waals surface area contributed by atoms with Crippen LogP contribution >= 0.6 is 11.3 Å². The first-order chi connectivity index (χ1) is 9.11. The van der Waals surface area contributed by atoms with E-state index >= 15 is 0 Å². The Balaban J connectivity index is 2.38. The van der Waals surface area contributed by atoms with E-state index in [0.29, 0.717) is 5.57 Å². The lowest BCUT2D eigenvalue weighted by molar-refractivity contribution is 0.0697. The van der Waals surface area contributed by atoms with E-state index in [9.17, 15) is 10.1 Å². The molecule has 0 unspecified atom stereocenters. The maximum atomic E-state index is 10.8. The molecule has 1 aromatic heterocycles. The highest BCUT2D eigenvalue weighted by Gasteiger charge is 2.06. The zero-order valence-electron chi connectivity index (χ0n) is 10.3. The molecule has 0 amide bonds. The Hall–Kier alpha value is -2.38. The normalized spacial score (nSPS) is 11.1. The minimum atomic E-state index is -0.969. The van der Waals surface area contributed by atoms with Crippen LogP contribution in [0.1, 0.15) is 26.4 Å². The molecule has 94 valence electrons. The molecule has 0 radical (unpaired) electrons. The Labute approximate surface area is 115 Å². The van der Waals surface area contributed by atoms with Gasteiger partial charge in [-0.05, 0) is 47.7 Å². The van der Waals surface area contributed by atoms with Crippen molar-refractivity contribution in [2.75, 3.05) is 0 Å². The fraction of sp³-hybridized carbons (Fsp3) is 0.0667. The number of nitriles is 1. The molecule has 1 heterocycles. The summed E-state index contributed by atoms with van der Waals surface area (Å²) in [5.74, 6) is -0.969. The van der Waals surface area contributed by atoms with E-state index in [1.807, 2.05) is 24.4 Å². The summed E-state index contributed by atoms with van der Waals surface area (Å²) in [4.78, 5) is 11.8. The lowest BCUT2D eigenvalue weighted by Crippen LogP contribution is -1.95. The number of aryl methyl sites for hydroxylation is 1. The van der Waals surface area contributed by atoms with Gasteiger partial charge in [-0.15, -0.1) is 11.3 Å². The third-order valence-corrected chi connectivity index (χ3v) is 3.71.